The lowest BCUT2D eigenvalue weighted by molar-refractivity contribution is -0.125. The number of carbonyl (C=O) groups excluding carboxylic acids is 1. The van der Waals surface area contributed by atoms with Crippen LogP contribution in [0.25, 0.3) is 10.9 Å². The highest BCUT2D eigenvalue weighted by Crippen LogP contribution is 2.25. The number of aryl methyl sites for hydroxylation is 1. The SMILES string of the molecule is CCCCNC(=O)C1CCN(c2nc(C)c3ccc(S(C)(=O)=O)cc3n2)CC1. The summed E-state index contributed by atoms with van der Waals surface area (Å²) in [6.07, 6.45) is 4.80. The normalized spacial score (nSPS) is 15.8. The van der Waals surface area contributed by atoms with Crippen LogP contribution in [-0.4, -0.2) is 50.2 Å². The molecule has 1 amide bonds. The number of sulfone groups is 1. The number of piperidine rings is 1. The summed E-state index contributed by atoms with van der Waals surface area (Å²) >= 11 is 0. The van der Waals surface area contributed by atoms with Crippen LogP contribution in [0.3, 0.4) is 0 Å². The molecule has 28 heavy (non-hydrogen) atoms. The van der Waals surface area contributed by atoms with Gasteiger partial charge in [-0.1, -0.05) is 13.3 Å². The van der Waals surface area contributed by atoms with Crippen molar-refractivity contribution in [3.63, 3.8) is 0 Å². The van der Waals surface area contributed by atoms with Gasteiger partial charge in [-0.05, 0) is 44.4 Å². The van der Waals surface area contributed by atoms with Gasteiger partial charge >= 0.3 is 0 Å². The molecule has 0 atom stereocenters. The molecular formula is C20H28N4O3S. The monoisotopic (exact) mass is 404 g/mol. The molecule has 1 fully saturated rings. The van der Waals surface area contributed by atoms with Gasteiger partial charge in [-0.25, -0.2) is 18.4 Å². The number of rotatable bonds is 6. The smallest absolute Gasteiger partial charge is 0.226 e. The third-order valence-corrected chi connectivity index (χ3v) is 6.36. The average molecular weight is 405 g/mol. The molecule has 0 bridgehead atoms. The Bertz CT molecular complexity index is 967. The maximum absolute atomic E-state index is 12.3. The first-order valence-electron chi connectivity index (χ1n) is 9.80. The van der Waals surface area contributed by atoms with E-state index in [0.29, 0.717) is 24.6 Å². The second kappa shape index (κ2) is 8.43. The second-order valence-electron chi connectivity index (χ2n) is 7.47. The molecule has 0 aliphatic carbocycles. The van der Waals surface area contributed by atoms with Crippen LogP contribution in [-0.2, 0) is 14.6 Å². The van der Waals surface area contributed by atoms with E-state index < -0.39 is 9.84 Å². The number of hydrogen-bond donors (Lipinski definition) is 1. The molecule has 1 aliphatic heterocycles. The maximum Gasteiger partial charge on any atom is 0.226 e. The molecule has 7 nitrogen and oxygen atoms in total. The van der Waals surface area contributed by atoms with Gasteiger partial charge in [0.15, 0.2) is 9.84 Å². The molecule has 1 aliphatic rings. The topological polar surface area (TPSA) is 92.3 Å². The Balaban J connectivity index is 1.75. The maximum atomic E-state index is 12.3. The minimum atomic E-state index is -3.29. The van der Waals surface area contributed by atoms with Crippen LogP contribution >= 0.6 is 0 Å². The standard InChI is InChI=1S/C20H28N4O3S/c1-4-5-10-21-19(25)15-8-11-24(12-9-15)20-22-14(2)17-7-6-16(28(3,26)27)13-18(17)23-20/h6-7,13,15H,4-5,8-12H2,1-3H3,(H,21,25). The lowest BCUT2D eigenvalue weighted by Crippen LogP contribution is -2.41. The molecule has 2 aromatic rings. The number of hydrogen-bond acceptors (Lipinski definition) is 6. The van der Waals surface area contributed by atoms with Crippen LogP contribution < -0.4 is 10.2 Å². The highest BCUT2D eigenvalue weighted by molar-refractivity contribution is 7.90. The summed E-state index contributed by atoms with van der Waals surface area (Å²) in [5.41, 5.74) is 1.45. The summed E-state index contributed by atoms with van der Waals surface area (Å²) in [5.74, 6) is 0.772. The van der Waals surface area contributed by atoms with Crippen molar-refractivity contribution in [3.05, 3.63) is 23.9 Å². The van der Waals surface area contributed by atoms with E-state index in [1.54, 1.807) is 18.2 Å². The average Bonchev–Trinajstić information content (AvgIpc) is 2.67. The summed E-state index contributed by atoms with van der Waals surface area (Å²) in [6.45, 7) is 6.17. The van der Waals surface area contributed by atoms with Crippen LogP contribution in [0.4, 0.5) is 5.95 Å². The Morgan fingerprint density at radius 1 is 1.25 bits per heavy atom. The van der Waals surface area contributed by atoms with Crippen molar-refractivity contribution in [1.29, 1.82) is 0 Å². The summed E-state index contributed by atoms with van der Waals surface area (Å²) in [5, 5.41) is 3.86. The fourth-order valence-corrected chi connectivity index (χ4v) is 4.14. The van der Waals surface area contributed by atoms with E-state index in [-0.39, 0.29) is 16.7 Å². The lowest BCUT2D eigenvalue weighted by atomic mass is 9.96. The van der Waals surface area contributed by atoms with Crippen molar-refractivity contribution in [2.45, 2.75) is 44.4 Å². The molecule has 1 saturated heterocycles. The van der Waals surface area contributed by atoms with Gasteiger partial charge < -0.3 is 10.2 Å². The number of nitrogens with zero attached hydrogens (tertiary/aromatic N) is 3. The van der Waals surface area contributed by atoms with Crippen molar-refractivity contribution in [1.82, 2.24) is 15.3 Å². The zero-order chi connectivity index (χ0) is 20.3. The molecule has 0 unspecified atom stereocenters. The lowest BCUT2D eigenvalue weighted by Gasteiger charge is -2.31. The van der Waals surface area contributed by atoms with Gasteiger partial charge in [0.25, 0.3) is 0 Å². The van der Waals surface area contributed by atoms with E-state index in [9.17, 15) is 13.2 Å². The summed E-state index contributed by atoms with van der Waals surface area (Å²) < 4.78 is 23.7. The second-order valence-corrected chi connectivity index (χ2v) is 9.48. The van der Waals surface area contributed by atoms with Crippen molar-refractivity contribution < 1.29 is 13.2 Å². The van der Waals surface area contributed by atoms with Gasteiger partial charge in [0.05, 0.1) is 16.1 Å². The Morgan fingerprint density at radius 2 is 1.96 bits per heavy atom. The molecule has 1 aromatic carbocycles. The fourth-order valence-electron chi connectivity index (χ4n) is 3.50. The summed E-state index contributed by atoms with van der Waals surface area (Å²) in [4.78, 5) is 23.8. The van der Waals surface area contributed by atoms with E-state index in [2.05, 4.69) is 27.1 Å². The molecule has 2 heterocycles. The first kappa shape index (κ1) is 20.5. The van der Waals surface area contributed by atoms with Gasteiger partial charge in [-0.3, -0.25) is 4.79 Å². The van der Waals surface area contributed by atoms with E-state index >= 15 is 0 Å². The number of nitrogens with one attached hydrogen (secondary N) is 1. The van der Waals surface area contributed by atoms with Gasteiger partial charge in [0, 0.05) is 37.2 Å². The quantitative estimate of drug-likeness (QED) is 0.744. The molecule has 8 heteroatoms. The predicted molar refractivity (Wildman–Crippen MR) is 110 cm³/mol. The minimum Gasteiger partial charge on any atom is -0.356 e. The molecule has 0 saturated carbocycles. The first-order chi connectivity index (χ1) is 13.3. The zero-order valence-corrected chi connectivity index (χ0v) is 17.6. The highest BCUT2D eigenvalue weighted by Gasteiger charge is 2.26. The van der Waals surface area contributed by atoms with Crippen LogP contribution in [0.5, 0.6) is 0 Å². The molecular weight excluding hydrogens is 376 g/mol. The minimum absolute atomic E-state index is 0.0338. The molecule has 1 aromatic heterocycles. The Hall–Kier alpha value is -2.22. The highest BCUT2D eigenvalue weighted by atomic mass is 32.2. The molecule has 3 rings (SSSR count). The van der Waals surface area contributed by atoms with E-state index in [0.717, 1.165) is 43.3 Å². The van der Waals surface area contributed by atoms with Gasteiger partial charge in [0.1, 0.15) is 0 Å². The number of anilines is 1. The van der Waals surface area contributed by atoms with Crippen molar-refractivity contribution in [3.8, 4) is 0 Å². The predicted octanol–water partition coefficient (Wildman–Crippen LogP) is 2.47. The summed E-state index contributed by atoms with van der Waals surface area (Å²) in [7, 11) is -3.29. The van der Waals surface area contributed by atoms with E-state index in [1.807, 2.05) is 6.92 Å². The van der Waals surface area contributed by atoms with E-state index in [1.165, 1.54) is 6.26 Å². The first-order valence-corrected chi connectivity index (χ1v) is 11.7. The van der Waals surface area contributed by atoms with E-state index in [4.69, 9.17) is 0 Å². The molecule has 152 valence electrons. The van der Waals surface area contributed by atoms with Crippen LogP contribution in [0.2, 0.25) is 0 Å². The number of benzene rings is 1. The van der Waals surface area contributed by atoms with Crippen molar-refractivity contribution in [2.75, 3.05) is 30.8 Å². The molecule has 0 radical (unpaired) electrons. The van der Waals surface area contributed by atoms with Gasteiger partial charge in [0.2, 0.25) is 11.9 Å². The Morgan fingerprint density at radius 3 is 2.61 bits per heavy atom. The number of carbonyl (C=O) groups is 1. The van der Waals surface area contributed by atoms with Crippen molar-refractivity contribution in [2.24, 2.45) is 5.92 Å². The number of fused-ring (bicyclic) bond motifs is 1. The van der Waals surface area contributed by atoms with Crippen LogP contribution in [0.15, 0.2) is 23.1 Å². The zero-order valence-electron chi connectivity index (χ0n) is 16.7. The third-order valence-electron chi connectivity index (χ3n) is 5.25. The Labute approximate surface area is 166 Å². The van der Waals surface area contributed by atoms with Crippen LogP contribution in [0, 0.1) is 12.8 Å². The number of amides is 1. The van der Waals surface area contributed by atoms with Gasteiger partial charge in [-0.2, -0.15) is 0 Å². The number of aromatic nitrogens is 2. The fraction of sp³-hybridized carbons (Fsp3) is 0.550. The van der Waals surface area contributed by atoms with Crippen LogP contribution in [0.1, 0.15) is 38.3 Å². The van der Waals surface area contributed by atoms with Crippen molar-refractivity contribution >= 4 is 32.6 Å². The number of unbranched alkanes of at least 4 members (excludes halogenated alkanes) is 1. The largest absolute Gasteiger partial charge is 0.356 e. The summed E-state index contributed by atoms with van der Waals surface area (Å²) in [6, 6.07) is 4.96. The Kier molecular flexibility index (Phi) is 6.17. The molecule has 1 N–H and O–H groups in total. The third kappa shape index (κ3) is 4.60. The molecule has 0 spiro atoms. The van der Waals surface area contributed by atoms with Gasteiger partial charge in [-0.15, -0.1) is 0 Å².